The van der Waals surface area contributed by atoms with Crippen molar-refractivity contribution in [1.29, 1.82) is 0 Å². The Kier molecular flexibility index (Phi) is 3.91. The number of thiophene rings is 3. The first-order valence-electron chi connectivity index (χ1n) is 6.09. The van der Waals surface area contributed by atoms with Gasteiger partial charge in [-0.1, -0.05) is 0 Å². The molecule has 0 amide bonds. The summed E-state index contributed by atoms with van der Waals surface area (Å²) in [6.07, 6.45) is 0. The van der Waals surface area contributed by atoms with E-state index in [0.29, 0.717) is 0 Å². The predicted octanol–water partition coefficient (Wildman–Crippen LogP) is 4.55. The second kappa shape index (κ2) is 5.49. The van der Waals surface area contributed by atoms with Gasteiger partial charge in [0.15, 0.2) is 0 Å². The molecule has 3 heterocycles. The fourth-order valence-electron chi connectivity index (χ4n) is 1.93. The molecule has 3 aromatic rings. The van der Waals surface area contributed by atoms with Gasteiger partial charge in [0.25, 0.3) is 0 Å². The van der Waals surface area contributed by atoms with E-state index in [1.54, 1.807) is 0 Å². The topological polar surface area (TPSA) is 0 Å². The van der Waals surface area contributed by atoms with Gasteiger partial charge < -0.3 is 0 Å². The Morgan fingerprint density at radius 1 is 0.632 bits per heavy atom. The number of aryl methyl sites for hydroxylation is 3. The van der Waals surface area contributed by atoms with Gasteiger partial charge in [0.05, 0.1) is 0 Å². The van der Waals surface area contributed by atoms with Crippen molar-refractivity contribution in [2.75, 3.05) is 0 Å². The van der Waals surface area contributed by atoms with E-state index >= 15 is 0 Å². The lowest BCUT2D eigenvalue weighted by Gasteiger charge is -2.12. The van der Waals surface area contributed by atoms with E-state index in [1.807, 2.05) is 34.0 Å². The van der Waals surface area contributed by atoms with Crippen LogP contribution in [0.2, 0.25) is 0 Å². The van der Waals surface area contributed by atoms with Gasteiger partial charge in [0, 0.05) is 21.8 Å². The molecular formula is C15H15PS3. The molecule has 3 aromatic heterocycles. The van der Waals surface area contributed by atoms with Crippen molar-refractivity contribution in [2.45, 2.75) is 20.8 Å². The van der Waals surface area contributed by atoms with Crippen LogP contribution in [-0.2, 0) is 0 Å². The molecule has 0 aliphatic rings. The van der Waals surface area contributed by atoms with E-state index in [9.17, 15) is 0 Å². The van der Waals surface area contributed by atoms with Gasteiger partial charge in [-0.15, -0.1) is 34.0 Å². The molecule has 4 heteroatoms. The average Bonchev–Trinajstić information content (AvgIpc) is 3.05. The minimum Gasteiger partial charge on any atom is -0.143 e. The summed E-state index contributed by atoms with van der Waals surface area (Å²) in [5, 5.41) is 6.81. The molecule has 0 spiro atoms. The molecule has 0 fully saturated rings. The van der Waals surface area contributed by atoms with Crippen LogP contribution in [0.5, 0.6) is 0 Å². The van der Waals surface area contributed by atoms with Crippen LogP contribution in [0.25, 0.3) is 0 Å². The van der Waals surface area contributed by atoms with Gasteiger partial charge in [-0.3, -0.25) is 0 Å². The van der Waals surface area contributed by atoms with Crippen LogP contribution in [0.15, 0.2) is 34.3 Å². The van der Waals surface area contributed by atoms with Gasteiger partial charge in [-0.2, -0.15) is 0 Å². The standard InChI is InChI=1S/C15H15PS3/c1-10-4-13(17-7-10)16(14-5-11(2)8-18-14)15-6-12(3)9-19-15/h4-9H,1-3H3. The summed E-state index contributed by atoms with van der Waals surface area (Å²) < 4.78 is 4.57. The number of rotatable bonds is 3. The highest BCUT2D eigenvalue weighted by Crippen LogP contribution is 2.39. The zero-order valence-electron chi connectivity index (χ0n) is 11.1. The van der Waals surface area contributed by atoms with E-state index in [0.717, 1.165) is 0 Å². The van der Waals surface area contributed by atoms with Crippen LogP contribution < -0.4 is 13.9 Å². The first kappa shape index (κ1) is 13.5. The fraction of sp³-hybridized carbons (Fsp3) is 0.200. The maximum absolute atomic E-state index is 2.36. The Morgan fingerprint density at radius 2 is 0.947 bits per heavy atom. The lowest BCUT2D eigenvalue weighted by molar-refractivity contribution is 1.56. The molecule has 0 bridgehead atoms. The lowest BCUT2D eigenvalue weighted by Crippen LogP contribution is -2.14. The molecule has 0 atom stereocenters. The Hall–Kier alpha value is -0.470. The molecule has 0 saturated carbocycles. The fourth-order valence-corrected chi connectivity index (χ4v) is 9.49. The summed E-state index contributed by atoms with van der Waals surface area (Å²) in [6.45, 7) is 6.56. The van der Waals surface area contributed by atoms with Crippen LogP contribution >= 0.6 is 41.9 Å². The van der Waals surface area contributed by atoms with Crippen LogP contribution in [0.3, 0.4) is 0 Å². The Balaban J connectivity index is 2.10. The highest BCUT2D eigenvalue weighted by molar-refractivity contribution is 7.90. The molecule has 0 unspecified atom stereocenters. The van der Waals surface area contributed by atoms with Gasteiger partial charge in [-0.25, -0.2) is 0 Å². The summed E-state index contributed by atoms with van der Waals surface area (Å²) in [6, 6.07) is 7.08. The van der Waals surface area contributed by atoms with Crippen molar-refractivity contribution in [3.63, 3.8) is 0 Å². The first-order valence-corrected chi connectivity index (χ1v) is 10.1. The zero-order valence-corrected chi connectivity index (χ0v) is 14.5. The monoisotopic (exact) mass is 322 g/mol. The molecule has 19 heavy (non-hydrogen) atoms. The highest BCUT2D eigenvalue weighted by Gasteiger charge is 2.21. The highest BCUT2D eigenvalue weighted by atomic mass is 32.1. The van der Waals surface area contributed by atoms with Crippen molar-refractivity contribution in [3.8, 4) is 0 Å². The van der Waals surface area contributed by atoms with E-state index in [1.165, 1.54) is 30.5 Å². The number of hydrogen-bond donors (Lipinski definition) is 0. The smallest absolute Gasteiger partial charge is 0.0388 e. The van der Waals surface area contributed by atoms with E-state index in [-0.39, 0.29) is 7.92 Å². The van der Waals surface area contributed by atoms with E-state index < -0.39 is 0 Å². The van der Waals surface area contributed by atoms with Gasteiger partial charge in [0.1, 0.15) is 0 Å². The zero-order chi connectivity index (χ0) is 13.4. The Bertz CT molecular complexity index is 594. The molecule has 0 aromatic carbocycles. The minimum absolute atomic E-state index is 0.328. The molecule has 0 aliphatic carbocycles. The lowest BCUT2D eigenvalue weighted by atomic mass is 10.4. The first-order chi connectivity index (χ1) is 9.13. The van der Waals surface area contributed by atoms with Gasteiger partial charge in [-0.05, 0) is 71.8 Å². The second-order valence-electron chi connectivity index (χ2n) is 4.72. The molecule has 0 radical (unpaired) electrons. The third kappa shape index (κ3) is 2.85. The molecule has 0 aliphatic heterocycles. The molecule has 0 N–H and O–H groups in total. The maximum Gasteiger partial charge on any atom is 0.0388 e. The summed E-state index contributed by atoms with van der Waals surface area (Å²) in [7, 11) is -0.328. The molecule has 0 nitrogen and oxygen atoms in total. The van der Waals surface area contributed by atoms with Crippen LogP contribution in [0.4, 0.5) is 0 Å². The Labute approximate surface area is 127 Å². The average molecular weight is 322 g/mol. The minimum atomic E-state index is -0.328. The largest absolute Gasteiger partial charge is 0.143 e. The summed E-state index contributed by atoms with van der Waals surface area (Å²) in [5.41, 5.74) is 4.15. The summed E-state index contributed by atoms with van der Waals surface area (Å²) >= 11 is 5.72. The maximum atomic E-state index is 2.36. The molecule has 3 rings (SSSR count). The van der Waals surface area contributed by atoms with Crippen LogP contribution in [-0.4, -0.2) is 0 Å². The summed E-state index contributed by atoms with van der Waals surface area (Å²) in [5.74, 6) is 0. The van der Waals surface area contributed by atoms with Crippen molar-refractivity contribution in [2.24, 2.45) is 0 Å². The van der Waals surface area contributed by atoms with Crippen molar-refractivity contribution in [3.05, 3.63) is 51.0 Å². The SMILES string of the molecule is Cc1csc(P(c2cc(C)cs2)c2cc(C)cs2)c1. The Morgan fingerprint density at radius 3 is 1.16 bits per heavy atom. The van der Waals surface area contributed by atoms with Crippen molar-refractivity contribution in [1.82, 2.24) is 0 Å². The third-order valence-corrected chi connectivity index (χ3v) is 9.66. The third-order valence-electron chi connectivity index (χ3n) is 2.81. The van der Waals surface area contributed by atoms with Gasteiger partial charge in [0.2, 0.25) is 0 Å². The predicted molar refractivity (Wildman–Crippen MR) is 93.0 cm³/mol. The second-order valence-corrected chi connectivity index (χ2v) is 10.5. The normalized spacial score (nSPS) is 11.4. The molecule has 0 saturated heterocycles. The van der Waals surface area contributed by atoms with E-state index in [2.05, 4.69) is 55.1 Å². The number of hydrogen-bond acceptors (Lipinski definition) is 3. The molecule has 98 valence electrons. The van der Waals surface area contributed by atoms with Gasteiger partial charge >= 0.3 is 0 Å². The summed E-state index contributed by atoms with van der Waals surface area (Å²) in [4.78, 5) is 0. The van der Waals surface area contributed by atoms with Crippen LogP contribution in [0.1, 0.15) is 16.7 Å². The van der Waals surface area contributed by atoms with E-state index in [4.69, 9.17) is 0 Å². The molecular weight excluding hydrogens is 307 g/mol. The van der Waals surface area contributed by atoms with Crippen molar-refractivity contribution >= 4 is 55.8 Å². The van der Waals surface area contributed by atoms with Crippen LogP contribution in [0, 0.1) is 20.8 Å². The van der Waals surface area contributed by atoms with Crippen molar-refractivity contribution < 1.29 is 0 Å². The quantitative estimate of drug-likeness (QED) is 0.620.